The standard InChI is InChI=1S/C25H34N4O/c1-16-6-5-9-28(14-16)25-26-13-21-22(27-25)12-20-7-8-23(21)29(20)15-19-10-18(3)24(30-4)11-17(19)2/h10-11,13,16,20,23H,5-9,12,14-15H2,1-4H3/t16-,20-,23-/m0/s1. The Balaban J connectivity index is 1.39. The lowest BCUT2D eigenvalue weighted by molar-refractivity contribution is 0.166. The highest BCUT2D eigenvalue weighted by Crippen LogP contribution is 2.44. The number of ether oxygens (including phenoxy) is 1. The first-order chi connectivity index (χ1) is 14.5. The molecule has 3 aliphatic heterocycles. The summed E-state index contributed by atoms with van der Waals surface area (Å²) in [5.41, 5.74) is 6.60. The van der Waals surface area contributed by atoms with Crippen LogP contribution >= 0.6 is 0 Å². The predicted octanol–water partition coefficient (Wildman–Crippen LogP) is 4.60. The first-order valence-corrected chi connectivity index (χ1v) is 11.5. The molecule has 2 saturated heterocycles. The smallest absolute Gasteiger partial charge is 0.225 e. The second kappa shape index (κ2) is 7.84. The maximum atomic E-state index is 5.51. The summed E-state index contributed by atoms with van der Waals surface area (Å²) >= 11 is 0. The average molecular weight is 407 g/mol. The molecule has 0 aliphatic carbocycles. The molecule has 2 aromatic rings. The van der Waals surface area contributed by atoms with E-state index in [0.29, 0.717) is 12.1 Å². The van der Waals surface area contributed by atoms with Gasteiger partial charge in [0.25, 0.3) is 0 Å². The van der Waals surface area contributed by atoms with E-state index in [0.717, 1.165) is 43.7 Å². The Hall–Kier alpha value is -2.14. The summed E-state index contributed by atoms with van der Waals surface area (Å²) in [6.45, 7) is 9.86. The van der Waals surface area contributed by atoms with Crippen LogP contribution in [0.3, 0.4) is 0 Å². The highest BCUT2D eigenvalue weighted by molar-refractivity contribution is 5.42. The van der Waals surface area contributed by atoms with Crippen LogP contribution in [0.15, 0.2) is 18.3 Å². The van der Waals surface area contributed by atoms with Crippen molar-refractivity contribution < 1.29 is 4.74 Å². The monoisotopic (exact) mass is 406 g/mol. The number of anilines is 1. The molecule has 5 rings (SSSR count). The molecule has 1 aromatic heterocycles. The SMILES string of the molecule is COc1cc(C)c(CN2[C@H]3CC[C@H]2c2cnc(N4CCC[C@H](C)C4)nc2C3)cc1C. The molecule has 0 N–H and O–H groups in total. The van der Waals surface area contributed by atoms with E-state index in [4.69, 9.17) is 14.7 Å². The Labute approximate surface area is 180 Å². The van der Waals surface area contributed by atoms with Crippen LogP contribution in [-0.2, 0) is 13.0 Å². The normalized spacial score (nSPS) is 26.0. The van der Waals surface area contributed by atoms with Gasteiger partial charge >= 0.3 is 0 Å². The number of hydrogen-bond donors (Lipinski definition) is 0. The van der Waals surface area contributed by atoms with E-state index < -0.39 is 0 Å². The largest absolute Gasteiger partial charge is 0.496 e. The van der Waals surface area contributed by atoms with E-state index in [1.54, 1.807) is 7.11 Å². The van der Waals surface area contributed by atoms with E-state index in [1.807, 2.05) is 0 Å². The molecule has 30 heavy (non-hydrogen) atoms. The summed E-state index contributed by atoms with van der Waals surface area (Å²) in [6.07, 6.45) is 8.24. The lowest BCUT2D eigenvalue weighted by Crippen LogP contribution is -2.39. The fourth-order valence-electron chi connectivity index (χ4n) is 5.77. The van der Waals surface area contributed by atoms with Crippen LogP contribution in [0.4, 0.5) is 5.95 Å². The molecule has 1 aromatic carbocycles. The first-order valence-electron chi connectivity index (χ1n) is 11.5. The van der Waals surface area contributed by atoms with Crippen molar-refractivity contribution in [3.63, 3.8) is 0 Å². The topological polar surface area (TPSA) is 41.5 Å². The van der Waals surface area contributed by atoms with Gasteiger partial charge in [-0.05, 0) is 68.2 Å². The van der Waals surface area contributed by atoms with Crippen molar-refractivity contribution in [1.82, 2.24) is 14.9 Å². The Bertz CT molecular complexity index is 943. The van der Waals surface area contributed by atoms with Crippen molar-refractivity contribution in [3.05, 3.63) is 46.3 Å². The molecular weight excluding hydrogens is 372 g/mol. The van der Waals surface area contributed by atoms with Crippen molar-refractivity contribution in [2.45, 2.75) is 71.5 Å². The third-order valence-corrected chi connectivity index (χ3v) is 7.46. The zero-order valence-electron chi connectivity index (χ0n) is 18.8. The van der Waals surface area contributed by atoms with E-state index in [2.05, 4.69) is 48.9 Å². The molecule has 0 spiro atoms. The van der Waals surface area contributed by atoms with Gasteiger partial charge in [-0.25, -0.2) is 9.97 Å². The lowest BCUT2D eigenvalue weighted by atomic mass is 9.97. The number of methoxy groups -OCH3 is 1. The van der Waals surface area contributed by atoms with Crippen LogP contribution in [0.5, 0.6) is 5.75 Å². The van der Waals surface area contributed by atoms with Crippen LogP contribution in [0.25, 0.3) is 0 Å². The second-order valence-corrected chi connectivity index (χ2v) is 9.64. The third-order valence-electron chi connectivity index (χ3n) is 7.46. The van der Waals surface area contributed by atoms with E-state index in [9.17, 15) is 0 Å². The van der Waals surface area contributed by atoms with Crippen molar-refractivity contribution in [3.8, 4) is 5.75 Å². The highest BCUT2D eigenvalue weighted by atomic mass is 16.5. The number of aryl methyl sites for hydroxylation is 2. The van der Waals surface area contributed by atoms with Gasteiger partial charge in [0.15, 0.2) is 0 Å². The minimum Gasteiger partial charge on any atom is -0.496 e. The minimum absolute atomic E-state index is 0.454. The molecule has 160 valence electrons. The lowest BCUT2D eigenvalue weighted by Gasteiger charge is -2.37. The fourth-order valence-corrected chi connectivity index (χ4v) is 5.77. The molecular formula is C25H34N4O. The van der Waals surface area contributed by atoms with Crippen LogP contribution < -0.4 is 9.64 Å². The van der Waals surface area contributed by atoms with Gasteiger partial charge in [-0.2, -0.15) is 0 Å². The number of aromatic nitrogens is 2. The van der Waals surface area contributed by atoms with Crippen LogP contribution in [-0.4, -0.2) is 41.1 Å². The number of piperidine rings is 1. The van der Waals surface area contributed by atoms with Crippen LogP contribution in [0.1, 0.15) is 66.6 Å². The van der Waals surface area contributed by atoms with Crippen molar-refractivity contribution in [2.24, 2.45) is 5.92 Å². The molecule has 0 saturated carbocycles. The summed E-state index contributed by atoms with van der Waals surface area (Å²) in [4.78, 5) is 15.0. The quantitative estimate of drug-likeness (QED) is 0.742. The van der Waals surface area contributed by atoms with Gasteiger partial charge < -0.3 is 9.64 Å². The molecule has 4 heterocycles. The molecule has 0 unspecified atom stereocenters. The summed E-state index contributed by atoms with van der Waals surface area (Å²) in [5, 5.41) is 0. The molecule has 5 heteroatoms. The van der Waals surface area contributed by atoms with E-state index >= 15 is 0 Å². The molecule has 3 aliphatic rings. The zero-order valence-corrected chi connectivity index (χ0v) is 18.8. The van der Waals surface area contributed by atoms with Crippen molar-refractivity contribution in [1.29, 1.82) is 0 Å². The van der Waals surface area contributed by atoms with Gasteiger partial charge in [-0.15, -0.1) is 0 Å². The molecule has 5 nitrogen and oxygen atoms in total. The van der Waals surface area contributed by atoms with Crippen LogP contribution in [0.2, 0.25) is 0 Å². The van der Waals surface area contributed by atoms with Gasteiger partial charge in [-0.3, -0.25) is 4.90 Å². The maximum absolute atomic E-state index is 5.51. The summed E-state index contributed by atoms with van der Waals surface area (Å²) in [5.74, 6) is 2.67. The predicted molar refractivity (Wildman–Crippen MR) is 120 cm³/mol. The Kier molecular flexibility index (Phi) is 5.18. The first kappa shape index (κ1) is 19.8. The Morgan fingerprint density at radius 3 is 2.80 bits per heavy atom. The molecule has 3 atom stereocenters. The number of rotatable bonds is 4. The molecule has 0 radical (unpaired) electrons. The third kappa shape index (κ3) is 3.47. The summed E-state index contributed by atoms with van der Waals surface area (Å²) in [7, 11) is 1.75. The van der Waals surface area contributed by atoms with Gasteiger partial charge in [0.2, 0.25) is 5.95 Å². The van der Waals surface area contributed by atoms with Crippen molar-refractivity contribution in [2.75, 3.05) is 25.1 Å². The van der Waals surface area contributed by atoms with Gasteiger partial charge in [0, 0.05) is 49.9 Å². The van der Waals surface area contributed by atoms with E-state index in [-0.39, 0.29) is 0 Å². The fraction of sp³-hybridized carbons (Fsp3) is 0.600. The zero-order chi connectivity index (χ0) is 20.8. The maximum Gasteiger partial charge on any atom is 0.225 e. The Morgan fingerprint density at radius 1 is 1.13 bits per heavy atom. The average Bonchev–Trinajstić information content (AvgIpc) is 3.01. The van der Waals surface area contributed by atoms with Crippen LogP contribution in [0, 0.1) is 19.8 Å². The molecule has 2 bridgehead atoms. The molecule has 2 fully saturated rings. The number of nitrogens with zero attached hydrogens (tertiary/aromatic N) is 4. The Morgan fingerprint density at radius 2 is 2.00 bits per heavy atom. The van der Waals surface area contributed by atoms with Gasteiger partial charge in [-0.1, -0.05) is 13.0 Å². The highest BCUT2D eigenvalue weighted by Gasteiger charge is 2.41. The van der Waals surface area contributed by atoms with E-state index in [1.165, 1.54) is 53.6 Å². The summed E-state index contributed by atoms with van der Waals surface area (Å²) in [6, 6.07) is 5.53. The summed E-state index contributed by atoms with van der Waals surface area (Å²) < 4.78 is 5.51. The van der Waals surface area contributed by atoms with Crippen molar-refractivity contribution >= 4 is 5.95 Å². The van der Waals surface area contributed by atoms with Gasteiger partial charge in [0.1, 0.15) is 5.75 Å². The number of fused-ring (bicyclic) bond motifs is 4. The van der Waals surface area contributed by atoms with Gasteiger partial charge in [0.05, 0.1) is 12.8 Å². The minimum atomic E-state index is 0.454. The number of benzene rings is 1. The second-order valence-electron chi connectivity index (χ2n) is 9.64. The number of hydrogen-bond acceptors (Lipinski definition) is 5. The molecule has 0 amide bonds.